The number of amides is 1. The smallest absolute Gasteiger partial charge is 0.393 e. The van der Waals surface area contributed by atoms with Crippen LogP contribution in [0.2, 0.25) is 0 Å². The molecule has 2 rings (SSSR count). The van der Waals surface area contributed by atoms with Gasteiger partial charge in [-0.1, -0.05) is 0 Å². The number of hydrogen-bond donors (Lipinski definition) is 4. The molecule has 1 amide bonds. The van der Waals surface area contributed by atoms with Crippen molar-refractivity contribution in [3.8, 4) is 0 Å². The maximum atomic E-state index is 13.6. The van der Waals surface area contributed by atoms with Crippen LogP contribution in [0.5, 0.6) is 0 Å². The van der Waals surface area contributed by atoms with Gasteiger partial charge in [0.1, 0.15) is 11.7 Å². The average molecular weight is 388 g/mol. The van der Waals surface area contributed by atoms with Crippen molar-refractivity contribution in [1.82, 2.24) is 5.32 Å². The number of nitrogens with two attached hydrogens (primary N) is 2. The van der Waals surface area contributed by atoms with Crippen LogP contribution in [0.3, 0.4) is 0 Å². The molecule has 1 fully saturated rings. The van der Waals surface area contributed by atoms with Crippen LogP contribution in [0.1, 0.15) is 31.2 Å². The molecule has 0 atom stereocenters. The Balaban J connectivity index is 2.18. The lowest BCUT2D eigenvalue weighted by atomic mass is 9.93. The van der Waals surface area contributed by atoms with Gasteiger partial charge in [0.05, 0.1) is 22.9 Å². The number of primary amides is 1. The summed E-state index contributed by atoms with van der Waals surface area (Å²) in [4.78, 5) is 15.4. The number of carbonyl (C=O) groups is 1. The lowest BCUT2D eigenvalue weighted by molar-refractivity contribution is -0.140. The minimum Gasteiger partial charge on any atom is -0.393 e. The quantitative estimate of drug-likeness (QED) is 0.268. The van der Waals surface area contributed by atoms with E-state index in [0.717, 1.165) is 6.07 Å². The maximum absolute atomic E-state index is 13.6. The molecule has 0 radical (unpaired) electrons. The monoisotopic (exact) mass is 388 g/mol. The SMILES string of the molecule is NC(=O)/C(=C/NC1CCC(O)CC1)C(N)=Nc1ccc(C(F)(F)F)c(F)c1. The zero-order valence-electron chi connectivity index (χ0n) is 14.3. The van der Waals surface area contributed by atoms with E-state index in [1.54, 1.807) is 0 Å². The van der Waals surface area contributed by atoms with Crippen LogP contribution in [0.15, 0.2) is 35.0 Å². The molecular weight excluding hydrogens is 368 g/mol. The van der Waals surface area contributed by atoms with Gasteiger partial charge in [-0.15, -0.1) is 0 Å². The Bertz CT molecular complexity index is 754. The van der Waals surface area contributed by atoms with Gasteiger partial charge in [0, 0.05) is 18.3 Å². The molecule has 1 aliphatic rings. The van der Waals surface area contributed by atoms with E-state index in [-0.39, 0.29) is 29.2 Å². The molecule has 0 heterocycles. The van der Waals surface area contributed by atoms with Gasteiger partial charge in [0.2, 0.25) is 0 Å². The zero-order valence-corrected chi connectivity index (χ0v) is 14.3. The number of alkyl halides is 3. The van der Waals surface area contributed by atoms with E-state index >= 15 is 0 Å². The number of aliphatic imine (C=N–C) groups is 1. The van der Waals surface area contributed by atoms with Crippen molar-refractivity contribution in [2.24, 2.45) is 16.5 Å². The number of amidine groups is 1. The molecule has 0 unspecified atom stereocenters. The second kappa shape index (κ2) is 8.38. The van der Waals surface area contributed by atoms with Crippen molar-refractivity contribution in [2.45, 2.75) is 44.0 Å². The van der Waals surface area contributed by atoms with Gasteiger partial charge in [0.15, 0.2) is 0 Å². The van der Waals surface area contributed by atoms with E-state index in [9.17, 15) is 27.5 Å². The van der Waals surface area contributed by atoms with Gasteiger partial charge in [-0.05, 0) is 37.8 Å². The predicted octanol–water partition coefficient (Wildman–Crippen LogP) is 2.10. The van der Waals surface area contributed by atoms with Crippen molar-refractivity contribution in [3.05, 3.63) is 41.4 Å². The zero-order chi connectivity index (χ0) is 20.2. The van der Waals surface area contributed by atoms with Crippen LogP contribution < -0.4 is 16.8 Å². The molecule has 0 aliphatic heterocycles. The van der Waals surface area contributed by atoms with Gasteiger partial charge >= 0.3 is 6.18 Å². The van der Waals surface area contributed by atoms with Gasteiger partial charge in [0.25, 0.3) is 5.91 Å². The summed E-state index contributed by atoms with van der Waals surface area (Å²) in [6.07, 6.45) is -1.28. The molecule has 1 aliphatic carbocycles. The topological polar surface area (TPSA) is 114 Å². The van der Waals surface area contributed by atoms with Crippen molar-refractivity contribution in [3.63, 3.8) is 0 Å². The van der Waals surface area contributed by atoms with Crippen LogP contribution in [0.25, 0.3) is 0 Å². The van der Waals surface area contributed by atoms with E-state index in [2.05, 4.69) is 10.3 Å². The molecule has 148 valence electrons. The number of halogens is 4. The van der Waals surface area contributed by atoms with Crippen molar-refractivity contribution >= 4 is 17.4 Å². The fourth-order valence-corrected chi connectivity index (χ4v) is 2.72. The highest BCUT2D eigenvalue weighted by Gasteiger charge is 2.34. The number of nitrogens with one attached hydrogen (secondary N) is 1. The summed E-state index contributed by atoms with van der Waals surface area (Å²) in [7, 11) is 0. The average Bonchev–Trinajstić information content (AvgIpc) is 2.55. The highest BCUT2D eigenvalue weighted by atomic mass is 19.4. The number of aliphatic hydroxyl groups excluding tert-OH is 1. The second-order valence-corrected chi connectivity index (χ2v) is 6.25. The number of hydrogen-bond acceptors (Lipinski definition) is 4. The molecule has 0 spiro atoms. The molecule has 27 heavy (non-hydrogen) atoms. The fourth-order valence-electron chi connectivity index (χ4n) is 2.72. The molecule has 1 aromatic rings. The molecule has 1 saturated carbocycles. The van der Waals surface area contributed by atoms with Gasteiger partial charge in [-0.2, -0.15) is 13.2 Å². The highest BCUT2D eigenvalue weighted by molar-refractivity contribution is 6.20. The minimum absolute atomic E-state index is 0.0130. The fraction of sp³-hybridized carbons (Fsp3) is 0.412. The summed E-state index contributed by atoms with van der Waals surface area (Å²) >= 11 is 0. The molecule has 0 bridgehead atoms. The molecule has 1 aromatic carbocycles. The first-order valence-electron chi connectivity index (χ1n) is 8.23. The van der Waals surface area contributed by atoms with Gasteiger partial charge in [-0.25, -0.2) is 9.38 Å². The summed E-state index contributed by atoms with van der Waals surface area (Å²) < 4.78 is 51.4. The van der Waals surface area contributed by atoms with E-state index < -0.39 is 23.5 Å². The maximum Gasteiger partial charge on any atom is 0.419 e. The summed E-state index contributed by atoms with van der Waals surface area (Å²) in [6, 6.07) is 2.07. The summed E-state index contributed by atoms with van der Waals surface area (Å²) in [5, 5.41) is 12.5. The number of carbonyl (C=O) groups excluding carboxylic acids is 1. The lowest BCUT2D eigenvalue weighted by Gasteiger charge is -2.25. The highest BCUT2D eigenvalue weighted by Crippen LogP contribution is 2.33. The number of rotatable bonds is 5. The number of nitrogens with zero attached hydrogens (tertiary/aromatic N) is 1. The van der Waals surface area contributed by atoms with Gasteiger partial charge in [-0.3, -0.25) is 4.79 Å². The number of aliphatic hydroxyl groups is 1. The number of benzene rings is 1. The van der Waals surface area contributed by atoms with Gasteiger partial charge < -0.3 is 21.9 Å². The van der Waals surface area contributed by atoms with Crippen LogP contribution >= 0.6 is 0 Å². The lowest BCUT2D eigenvalue weighted by Crippen LogP contribution is -2.34. The summed E-state index contributed by atoms with van der Waals surface area (Å²) in [5.41, 5.74) is 9.20. The summed E-state index contributed by atoms with van der Waals surface area (Å²) in [5.74, 6) is -2.75. The Morgan fingerprint density at radius 2 is 1.85 bits per heavy atom. The van der Waals surface area contributed by atoms with E-state index in [1.165, 1.54) is 6.20 Å². The van der Waals surface area contributed by atoms with Crippen molar-refractivity contribution in [2.75, 3.05) is 0 Å². The minimum atomic E-state index is -4.83. The second-order valence-electron chi connectivity index (χ2n) is 6.25. The Kier molecular flexibility index (Phi) is 6.42. The molecule has 0 saturated heterocycles. The van der Waals surface area contributed by atoms with Crippen LogP contribution in [-0.2, 0) is 11.0 Å². The van der Waals surface area contributed by atoms with E-state index in [1.807, 2.05) is 0 Å². The van der Waals surface area contributed by atoms with E-state index in [0.29, 0.717) is 37.8 Å². The third kappa shape index (κ3) is 5.68. The third-order valence-corrected chi connectivity index (χ3v) is 4.21. The van der Waals surface area contributed by atoms with Crippen LogP contribution in [0, 0.1) is 5.82 Å². The van der Waals surface area contributed by atoms with Crippen LogP contribution in [-0.4, -0.2) is 29.0 Å². The summed E-state index contributed by atoms with van der Waals surface area (Å²) in [6.45, 7) is 0. The Hall–Kier alpha value is -2.62. The molecule has 6 nitrogen and oxygen atoms in total. The Labute approximate surface area is 152 Å². The van der Waals surface area contributed by atoms with Crippen molar-refractivity contribution < 1.29 is 27.5 Å². The van der Waals surface area contributed by atoms with E-state index in [4.69, 9.17) is 11.5 Å². The standard InChI is InChI=1S/C17H20F4N4O2/c18-14-7-10(3-6-13(14)17(19,20)21)25-15(22)12(16(23)27)8-24-9-1-4-11(26)5-2-9/h3,6-9,11,24,26H,1-2,4-5H2,(H2,22,25)(H2,23,27)/b12-8+. The largest absolute Gasteiger partial charge is 0.419 e. The Morgan fingerprint density at radius 3 is 2.37 bits per heavy atom. The predicted molar refractivity (Wildman–Crippen MR) is 91.4 cm³/mol. The Morgan fingerprint density at radius 1 is 1.22 bits per heavy atom. The van der Waals surface area contributed by atoms with Crippen molar-refractivity contribution in [1.29, 1.82) is 0 Å². The molecule has 10 heteroatoms. The first-order chi connectivity index (χ1) is 12.6. The van der Waals surface area contributed by atoms with Crippen LogP contribution in [0.4, 0.5) is 23.2 Å². The molecule has 6 N–H and O–H groups in total. The first-order valence-corrected chi connectivity index (χ1v) is 8.23. The third-order valence-electron chi connectivity index (χ3n) is 4.21. The normalized spacial score (nSPS) is 21.8. The molecular formula is C17H20F4N4O2. The first kappa shape index (κ1) is 20.7. The molecule has 0 aromatic heterocycles.